The van der Waals surface area contributed by atoms with Crippen LogP contribution in [0.15, 0.2) is 121 Å². The van der Waals surface area contributed by atoms with Gasteiger partial charge < -0.3 is 9.80 Å². The van der Waals surface area contributed by atoms with E-state index in [1.54, 1.807) is 0 Å². The van der Waals surface area contributed by atoms with E-state index < -0.39 is 0 Å². The minimum atomic E-state index is -0.150. The quantitative estimate of drug-likeness (QED) is 0.287. The maximum absolute atomic E-state index is 2.69. The first kappa shape index (κ1) is 22.4. The van der Waals surface area contributed by atoms with Crippen LogP contribution in [0.25, 0.3) is 0 Å². The summed E-state index contributed by atoms with van der Waals surface area (Å²) in [5.41, 5.74) is 10.9. The summed E-state index contributed by atoms with van der Waals surface area (Å²) < 4.78 is 0. The Hall–Kier alpha value is -3.78. The Morgan fingerprint density at radius 3 is 1.92 bits per heavy atom. The van der Waals surface area contributed by atoms with Gasteiger partial charge >= 0.3 is 0 Å². The Bertz CT molecular complexity index is 1470. The summed E-state index contributed by atoms with van der Waals surface area (Å²) in [4.78, 5) is 5.31. The van der Waals surface area contributed by atoms with E-state index in [9.17, 15) is 0 Å². The van der Waals surface area contributed by atoms with E-state index in [-0.39, 0.29) is 11.6 Å². The average Bonchev–Trinajstić information content (AvgIpc) is 3.65. The first-order valence-electron chi connectivity index (χ1n) is 13.8. The van der Waals surface area contributed by atoms with Crippen LogP contribution in [0.3, 0.4) is 0 Å². The van der Waals surface area contributed by atoms with Crippen LogP contribution < -0.4 is 9.80 Å². The summed E-state index contributed by atoms with van der Waals surface area (Å²) in [6.07, 6.45) is 5.25. The molecule has 0 saturated heterocycles. The van der Waals surface area contributed by atoms with Gasteiger partial charge in [0.05, 0.1) is 11.1 Å². The van der Waals surface area contributed by atoms with Gasteiger partial charge in [0.25, 0.3) is 0 Å². The second-order valence-electron chi connectivity index (χ2n) is 10.9. The lowest BCUT2D eigenvalue weighted by atomic mass is 9.64. The van der Waals surface area contributed by atoms with Crippen LogP contribution in [0.4, 0.5) is 11.4 Å². The highest BCUT2D eigenvalue weighted by Gasteiger charge is 2.59. The third kappa shape index (κ3) is 3.11. The molecule has 0 N–H and O–H groups in total. The number of fused-ring (bicyclic) bond motifs is 3. The van der Waals surface area contributed by atoms with Crippen molar-refractivity contribution in [3.63, 3.8) is 0 Å². The van der Waals surface area contributed by atoms with E-state index >= 15 is 0 Å². The fraction of sp³-hybridized carbons (Fsp3) is 0.257. The molecule has 3 aliphatic rings. The van der Waals surface area contributed by atoms with Crippen LogP contribution >= 0.6 is 0 Å². The maximum atomic E-state index is 2.69. The topological polar surface area (TPSA) is 6.48 Å². The Kier molecular flexibility index (Phi) is 5.25. The van der Waals surface area contributed by atoms with Gasteiger partial charge in [-0.25, -0.2) is 0 Å². The lowest BCUT2D eigenvalue weighted by molar-refractivity contribution is 0.380. The van der Waals surface area contributed by atoms with Gasteiger partial charge in [0.1, 0.15) is 6.17 Å². The zero-order valence-electron chi connectivity index (χ0n) is 21.8. The molecule has 2 aliphatic heterocycles. The molecular weight excluding hydrogens is 448 g/mol. The van der Waals surface area contributed by atoms with Crippen molar-refractivity contribution in [2.75, 3.05) is 9.80 Å². The number of hydrogen-bond donors (Lipinski definition) is 0. The van der Waals surface area contributed by atoms with Crippen molar-refractivity contribution in [3.8, 4) is 0 Å². The van der Waals surface area contributed by atoms with Gasteiger partial charge in [-0.15, -0.1) is 0 Å². The minimum absolute atomic E-state index is 0.0745. The number of nitrogens with zero attached hydrogens (tertiary/aromatic N) is 2. The molecule has 0 bridgehead atoms. The smallest absolute Gasteiger partial charge is 0.136 e. The predicted molar refractivity (Wildman–Crippen MR) is 154 cm³/mol. The number of allylic oxidation sites excluding steroid dienone is 2. The molecule has 0 radical (unpaired) electrons. The molecule has 1 saturated carbocycles. The fourth-order valence-corrected chi connectivity index (χ4v) is 7.65. The molecule has 2 nitrogen and oxygen atoms in total. The highest BCUT2D eigenvalue weighted by molar-refractivity contribution is 5.82. The van der Waals surface area contributed by atoms with Crippen molar-refractivity contribution < 1.29 is 0 Å². The van der Waals surface area contributed by atoms with Gasteiger partial charge in [-0.3, -0.25) is 0 Å². The van der Waals surface area contributed by atoms with Gasteiger partial charge in [-0.1, -0.05) is 110 Å². The molecule has 2 heterocycles. The summed E-state index contributed by atoms with van der Waals surface area (Å²) in [5.74, 6) is 0.583. The third-order valence-corrected chi connectivity index (χ3v) is 9.07. The monoisotopic (exact) mass is 482 g/mol. The highest BCUT2D eigenvalue weighted by atomic mass is 15.4. The molecule has 2 unspecified atom stereocenters. The van der Waals surface area contributed by atoms with Crippen molar-refractivity contribution in [3.05, 3.63) is 143 Å². The summed E-state index contributed by atoms with van der Waals surface area (Å²) >= 11 is 0. The van der Waals surface area contributed by atoms with E-state index in [0.29, 0.717) is 5.92 Å². The number of para-hydroxylation sites is 2. The second kappa shape index (κ2) is 8.66. The Morgan fingerprint density at radius 2 is 1.22 bits per heavy atom. The average molecular weight is 483 g/mol. The summed E-state index contributed by atoms with van der Waals surface area (Å²) in [7, 11) is 0. The molecule has 1 aliphatic carbocycles. The predicted octanol–water partition coefficient (Wildman–Crippen LogP) is 8.74. The number of rotatable bonds is 4. The van der Waals surface area contributed by atoms with E-state index in [0.717, 1.165) is 0 Å². The molecule has 1 fully saturated rings. The fourth-order valence-electron chi connectivity index (χ4n) is 7.65. The lowest BCUT2D eigenvalue weighted by Crippen LogP contribution is -2.38. The van der Waals surface area contributed by atoms with Crippen molar-refractivity contribution in [2.45, 2.75) is 51.1 Å². The Balaban J connectivity index is 1.58. The Morgan fingerprint density at radius 1 is 0.622 bits per heavy atom. The van der Waals surface area contributed by atoms with Crippen LogP contribution in [0.2, 0.25) is 0 Å². The van der Waals surface area contributed by atoms with Gasteiger partial charge in [-0.05, 0) is 67.0 Å². The van der Waals surface area contributed by atoms with Crippen LogP contribution in [0.5, 0.6) is 0 Å². The van der Waals surface area contributed by atoms with Crippen LogP contribution in [0.1, 0.15) is 61.0 Å². The lowest BCUT2D eigenvalue weighted by Gasteiger charge is -2.39. The molecule has 0 amide bonds. The van der Waals surface area contributed by atoms with E-state index in [1.807, 2.05) is 0 Å². The van der Waals surface area contributed by atoms with E-state index in [1.165, 1.54) is 70.7 Å². The zero-order valence-corrected chi connectivity index (χ0v) is 21.8. The van der Waals surface area contributed by atoms with E-state index in [2.05, 4.69) is 133 Å². The number of benzene rings is 4. The molecule has 0 aromatic heterocycles. The largest absolute Gasteiger partial charge is 0.318 e. The Labute approximate surface area is 220 Å². The van der Waals surface area contributed by atoms with Gasteiger partial charge in [0.2, 0.25) is 0 Å². The van der Waals surface area contributed by atoms with Crippen LogP contribution in [-0.4, -0.2) is 0 Å². The molecular formula is C35H34N2. The third-order valence-electron chi connectivity index (χ3n) is 9.07. The van der Waals surface area contributed by atoms with Gasteiger partial charge in [0.15, 0.2) is 0 Å². The van der Waals surface area contributed by atoms with Crippen molar-refractivity contribution in [1.82, 2.24) is 0 Å². The zero-order chi connectivity index (χ0) is 25.0. The minimum Gasteiger partial charge on any atom is -0.318 e. The van der Waals surface area contributed by atoms with E-state index in [4.69, 9.17) is 0 Å². The van der Waals surface area contributed by atoms with Gasteiger partial charge in [0, 0.05) is 17.1 Å². The molecule has 7 rings (SSSR count). The SMILES string of the molecule is CC1=C2N(c3ccccc3C2(c2ccccc2)C2CCCC2)C(c2ccccc2)N1c1ccccc1C. The molecule has 0 spiro atoms. The summed E-state index contributed by atoms with van der Waals surface area (Å²) in [6, 6.07) is 40.6. The molecule has 2 heteroatoms. The van der Waals surface area contributed by atoms with Crippen LogP contribution in [-0.2, 0) is 5.41 Å². The summed E-state index contributed by atoms with van der Waals surface area (Å²) in [6.45, 7) is 4.62. The number of aryl methyl sites for hydroxylation is 1. The molecule has 4 aromatic rings. The first-order chi connectivity index (χ1) is 18.2. The summed E-state index contributed by atoms with van der Waals surface area (Å²) in [5, 5.41) is 0. The van der Waals surface area contributed by atoms with Gasteiger partial charge in [-0.2, -0.15) is 0 Å². The van der Waals surface area contributed by atoms with Crippen molar-refractivity contribution >= 4 is 11.4 Å². The van der Waals surface area contributed by atoms with Crippen molar-refractivity contribution in [1.29, 1.82) is 0 Å². The van der Waals surface area contributed by atoms with Crippen molar-refractivity contribution in [2.24, 2.45) is 5.92 Å². The highest BCUT2D eigenvalue weighted by Crippen LogP contribution is 2.65. The molecule has 2 atom stereocenters. The molecule has 37 heavy (non-hydrogen) atoms. The normalized spacial score (nSPS) is 23.0. The maximum Gasteiger partial charge on any atom is 0.136 e. The van der Waals surface area contributed by atoms with Crippen LogP contribution in [0, 0.1) is 12.8 Å². The number of anilines is 2. The number of hydrogen-bond acceptors (Lipinski definition) is 2. The molecule has 184 valence electrons. The second-order valence-corrected chi connectivity index (χ2v) is 10.9. The standard InChI is InChI=1S/C35H34N2/c1-25-15-9-13-23-31(25)36-26(2)33-35(29-20-10-11-21-29,28-18-7-4-8-19-28)30-22-12-14-24-32(30)37(33)34(36)27-16-5-3-6-17-27/h3-9,12-19,22-24,29,34H,10-11,20-21H2,1-2H3. The molecule has 4 aromatic carbocycles. The first-order valence-corrected chi connectivity index (χ1v) is 13.8.